The lowest BCUT2D eigenvalue weighted by atomic mass is 10.1. The van der Waals surface area contributed by atoms with Crippen LogP contribution in [0.3, 0.4) is 0 Å². The van der Waals surface area contributed by atoms with Gasteiger partial charge in [-0.25, -0.2) is 4.79 Å². The summed E-state index contributed by atoms with van der Waals surface area (Å²) in [6.07, 6.45) is 0. The molecule has 134 valence electrons. The molecule has 0 aliphatic rings. The molecule has 3 aromatic carbocycles. The summed E-state index contributed by atoms with van der Waals surface area (Å²) in [4.78, 5) is 12.6. The zero-order valence-corrected chi connectivity index (χ0v) is 15.1. The molecule has 0 N–H and O–H groups in total. The Hall–Kier alpha value is -3.71. The van der Waals surface area contributed by atoms with Crippen LogP contribution in [0, 0.1) is 11.8 Å². The average molecular weight is 358 g/mol. The van der Waals surface area contributed by atoms with Gasteiger partial charge in [-0.15, -0.1) is 0 Å². The molecular formula is C23H18O4. The number of hydrogen-bond donors (Lipinski definition) is 0. The average Bonchev–Trinajstić information content (AvgIpc) is 2.73. The smallest absolute Gasteiger partial charge is 0.344 e. The maximum absolute atomic E-state index is 12.6. The fourth-order valence-electron chi connectivity index (χ4n) is 2.46. The number of rotatable bonds is 4. The molecule has 0 saturated heterocycles. The maximum Gasteiger partial charge on any atom is 0.344 e. The van der Waals surface area contributed by atoms with Crippen LogP contribution < -0.4 is 14.2 Å². The zero-order chi connectivity index (χ0) is 19.1. The molecule has 0 fully saturated rings. The van der Waals surface area contributed by atoms with Crippen LogP contribution in [0.5, 0.6) is 17.2 Å². The summed E-state index contributed by atoms with van der Waals surface area (Å²) < 4.78 is 15.9. The van der Waals surface area contributed by atoms with Gasteiger partial charge in [0.25, 0.3) is 0 Å². The molecule has 0 aliphatic heterocycles. The molecule has 0 amide bonds. The van der Waals surface area contributed by atoms with E-state index in [1.165, 1.54) is 0 Å². The first kappa shape index (κ1) is 18.1. The van der Waals surface area contributed by atoms with Gasteiger partial charge in [0.15, 0.2) is 0 Å². The van der Waals surface area contributed by atoms with Crippen molar-refractivity contribution in [1.29, 1.82) is 0 Å². The number of ether oxygens (including phenoxy) is 3. The first-order chi connectivity index (χ1) is 13.2. The predicted molar refractivity (Wildman–Crippen MR) is 103 cm³/mol. The van der Waals surface area contributed by atoms with Crippen LogP contribution in [0.2, 0.25) is 0 Å². The van der Waals surface area contributed by atoms with Crippen LogP contribution in [0.4, 0.5) is 0 Å². The monoisotopic (exact) mass is 358 g/mol. The predicted octanol–water partition coefficient (Wildman–Crippen LogP) is 4.32. The van der Waals surface area contributed by atoms with Crippen molar-refractivity contribution in [3.8, 4) is 29.1 Å². The first-order valence-electron chi connectivity index (χ1n) is 8.31. The third-order valence-electron chi connectivity index (χ3n) is 3.86. The van der Waals surface area contributed by atoms with Crippen molar-refractivity contribution < 1.29 is 19.0 Å². The van der Waals surface area contributed by atoms with Gasteiger partial charge in [-0.3, -0.25) is 0 Å². The Balaban J connectivity index is 1.85. The van der Waals surface area contributed by atoms with E-state index in [0.717, 1.165) is 5.56 Å². The van der Waals surface area contributed by atoms with E-state index in [-0.39, 0.29) is 0 Å². The van der Waals surface area contributed by atoms with Crippen LogP contribution in [0.1, 0.15) is 21.5 Å². The second-order valence-corrected chi connectivity index (χ2v) is 5.56. The molecule has 0 atom stereocenters. The van der Waals surface area contributed by atoms with E-state index in [2.05, 4.69) is 11.8 Å². The quantitative estimate of drug-likeness (QED) is 0.396. The third kappa shape index (κ3) is 4.47. The number of carbonyl (C=O) groups is 1. The van der Waals surface area contributed by atoms with Gasteiger partial charge in [0.05, 0.1) is 25.3 Å². The van der Waals surface area contributed by atoms with Crippen molar-refractivity contribution in [1.82, 2.24) is 0 Å². The lowest BCUT2D eigenvalue weighted by Crippen LogP contribution is -2.10. The molecule has 0 spiro atoms. The minimum atomic E-state index is -0.468. The molecule has 0 aliphatic carbocycles. The molecule has 0 unspecified atom stereocenters. The second kappa shape index (κ2) is 8.59. The van der Waals surface area contributed by atoms with Gasteiger partial charge < -0.3 is 14.2 Å². The maximum atomic E-state index is 12.6. The summed E-state index contributed by atoms with van der Waals surface area (Å²) in [5.41, 5.74) is 1.73. The molecule has 0 saturated carbocycles. The van der Waals surface area contributed by atoms with Crippen LogP contribution in [0.25, 0.3) is 0 Å². The zero-order valence-electron chi connectivity index (χ0n) is 15.1. The molecule has 3 rings (SSSR count). The van der Waals surface area contributed by atoms with Crippen molar-refractivity contribution in [2.45, 2.75) is 0 Å². The number of hydrogen-bond acceptors (Lipinski definition) is 4. The molecule has 4 nitrogen and oxygen atoms in total. The van der Waals surface area contributed by atoms with E-state index in [0.29, 0.717) is 28.4 Å². The van der Waals surface area contributed by atoms with E-state index >= 15 is 0 Å². The number of methoxy groups -OCH3 is 2. The molecular weight excluding hydrogens is 340 g/mol. The minimum Gasteiger partial charge on any atom is -0.497 e. The molecule has 0 radical (unpaired) electrons. The van der Waals surface area contributed by atoms with Crippen LogP contribution in [-0.4, -0.2) is 20.2 Å². The standard InChI is InChI=1S/C23H18O4/c1-25-19-13-15-20(16-14-19)27-23(24)21-9-5-3-7-17(21)11-12-18-8-4-6-10-22(18)26-2/h3-10,13-16H,1-2H3. The number of para-hydroxylation sites is 1. The Bertz CT molecular complexity index is 995. The summed E-state index contributed by atoms with van der Waals surface area (Å²) in [5, 5.41) is 0. The van der Waals surface area contributed by atoms with Crippen molar-refractivity contribution in [2.75, 3.05) is 14.2 Å². The number of esters is 1. The molecule has 27 heavy (non-hydrogen) atoms. The summed E-state index contributed by atoms with van der Waals surface area (Å²) in [6, 6.07) is 21.4. The third-order valence-corrected chi connectivity index (χ3v) is 3.86. The first-order valence-corrected chi connectivity index (χ1v) is 8.31. The van der Waals surface area contributed by atoms with Gasteiger partial charge in [-0.1, -0.05) is 36.1 Å². The minimum absolute atomic E-state index is 0.399. The van der Waals surface area contributed by atoms with Gasteiger partial charge in [0.1, 0.15) is 17.2 Å². The highest BCUT2D eigenvalue weighted by molar-refractivity contribution is 5.93. The van der Waals surface area contributed by atoms with Gasteiger partial charge in [-0.2, -0.15) is 0 Å². The van der Waals surface area contributed by atoms with Crippen LogP contribution in [-0.2, 0) is 0 Å². The molecule has 0 bridgehead atoms. The Morgan fingerprint density at radius 1 is 0.704 bits per heavy atom. The lowest BCUT2D eigenvalue weighted by Gasteiger charge is -2.07. The topological polar surface area (TPSA) is 44.8 Å². The van der Waals surface area contributed by atoms with E-state index in [9.17, 15) is 4.79 Å². The fraction of sp³-hybridized carbons (Fsp3) is 0.0870. The van der Waals surface area contributed by atoms with Gasteiger partial charge in [-0.05, 0) is 48.5 Å². The summed E-state index contributed by atoms with van der Waals surface area (Å²) >= 11 is 0. The van der Waals surface area contributed by atoms with E-state index in [1.807, 2.05) is 30.3 Å². The Kier molecular flexibility index (Phi) is 5.76. The lowest BCUT2D eigenvalue weighted by molar-refractivity contribution is 0.0734. The largest absolute Gasteiger partial charge is 0.497 e. The van der Waals surface area contributed by atoms with Crippen molar-refractivity contribution in [3.63, 3.8) is 0 Å². The van der Waals surface area contributed by atoms with Crippen molar-refractivity contribution in [3.05, 3.63) is 89.5 Å². The molecule has 3 aromatic rings. The second-order valence-electron chi connectivity index (χ2n) is 5.56. The summed E-state index contributed by atoms with van der Waals surface area (Å²) in [5.74, 6) is 7.44. The Morgan fingerprint density at radius 2 is 1.30 bits per heavy atom. The highest BCUT2D eigenvalue weighted by Gasteiger charge is 2.12. The van der Waals surface area contributed by atoms with E-state index in [1.54, 1.807) is 56.7 Å². The summed E-state index contributed by atoms with van der Waals surface area (Å²) in [7, 11) is 3.18. The van der Waals surface area contributed by atoms with Crippen molar-refractivity contribution >= 4 is 5.97 Å². The SMILES string of the molecule is COc1ccc(OC(=O)c2ccccc2C#Cc2ccccc2OC)cc1. The van der Waals surface area contributed by atoms with Crippen LogP contribution in [0.15, 0.2) is 72.8 Å². The Labute approximate surface area is 158 Å². The van der Waals surface area contributed by atoms with Crippen LogP contribution >= 0.6 is 0 Å². The molecule has 0 aromatic heterocycles. The summed E-state index contributed by atoms with van der Waals surface area (Å²) in [6.45, 7) is 0. The van der Waals surface area contributed by atoms with Crippen molar-refractivity contribution in [2.24, 2.45) is 0 Å². The van der Waals surface area contributed by atoms with E-state index < -0.39 is 5.97 Å². The number of carbonyl (C=O) groups excluding carboxylic acids is 1. The Morgan fingerprint density at radius 3 is 2.00 bits per heavy atom. The van der Waals surface area contributed by atoms with Gasteiger partial charge in [0.2, 0.25) is 0 Å². The highest BCUT2D eigenvalue weighted by atomic mass is 16.5. The normalized spacial score (nSPS) is 9.70. The fourth-order valence-corrected chi connectivity index (χ4v) is 2.46. The van der Waals surface area contributed by atoms with Gasteiger partial charge >= 0.3 is 5.97 Å². The van der Waals surface area contributed by atoms with E-state index in [4.69, 9.17) is 14.2 Å². The highest BCUT2D eigenvalue weighted by Crippen LogP contribution is 2.20. The van der Waals surface area contributed by atoms with Gasteiger partial charge in [0, 0.05) is 5.56 Å². The number of benzene rings is 3. The molecule has 4 heteroatoms. The molecule has 0 heterocycles.